The Morgan fingerprint density at radius 2 is 1.75 bits per heavy atom. The van der Waals surface area contributed by atoms with Crippen molar-refractivity contribution in [2.75, 3.05) is 19.1 Å². The maximum absolute atomic E-state index is 16.3. The Kier molecular flexibility index (Phi) is 7.59. The summed E-state index contributed by atoms with van der Waals surface area (Å²) in [5.41, 5.74) is 2.56. The fourth-order valence-corrected chi connectivity index (χ4v) is 5.42. The lowest BCUT2D eigenvalue weighted by molar-refractivity contribution is -0.232. The highest BCUT2D eigenvalue weighted by molar-refractivity contribution is 7.99. The lowest BCUT2D eigenvalue weighted by atomic mass is 9.88. The summed E-state index contributed by atoms with van der Waals surface area (Å²) < 4.78 is 29.7. The molecule has 0 unspecified atom stereocenters. The number of imidazole rings is 1. The minimum Gasteiger partial charge on any atom is -0.374 e. The summed E-state index contributed by atoms with van der Waals surface area (Å²) in [5.74, 6) is -2.88. The average molecular weight is 527 g/mol. The molecule has 0 bridgehead atoms. The quantitative estimate of drug-likeness (QED) is 0.319. The summed E-state index contributed by atoms with van der Waals surface area (Å²) in [5, 5.41) is 17.3. The molecule has 1 saturated heterocycles. The smallest absolute Gasteiger partial charge is 0.244 e. The number of nitrogens with zero attached hydrogens (tertiary/aromatic N) is 4. The van der Waals surface area contributed by atoms with E-state index in [4.69, 9.17) is 9.47 Å². The van der Waals surface area contributed by atoms with Crippen LogP contribution >= 0.6 is 23.5 Å². The minimum atomic E-state index is -2.24. The molecule has 3 heterocycles. The van der Waals surface area contributed by atoms with Gasteiger partial charge < -0.3 is 14.6 Å². The van der Waals surface area contributed by atoms with Gasteiger partial charge in [-0.1, -0.05) is 72.4 Å². The molecule has 2 aromatic heterocycles. The zero-order valence-electron chi connectivity index (χ0n) is 20.0. The van der Waals surface area contributed by atoms with Crippen molar-refractivity contribution in [3.63, 3.8) is 0 Å². The van der Waals surface area contributed by atoms with E-state index in [9.17, 15) is 5.11 Å². The summed E-state index contributed by atoms with van der Waals surface area (Å²) in [6.07, 6.45) is 3.15. The summed E-state index contributed by atoms with van der Waals surface area (Å²) >= 11 is 2.77. The summed E-state index contributed by atoms with van der Waals surface area (Å²) in [7, 11) is 0. The molecule has 4 atom stereocenters. The summed E-state index contributed by atoms with van der Waals surface area (Å²) in [4.78, 5) is 8.86. The first kappa shape index (κ1) is 25.2. The predicted molar refractivity (Wildman–Crippen MR) is 138 cm³/mol. The van der Waals surface area contributed by atoms with Crippen molar-refractivity contribution in [1.82, 2.24) is 19.6 Å². The van der Waals surface area contributed by atoms with Crippen LogP contribution in [0, 0.1) is 5.92 Å². The van der Waals surface area contributed by atoms with Crippen LogP contribution in [-0.2, 0) is 28.3 Å². The molecule has 1 fully saturated rings. The van der Waals surface area contributed by atoms with Gasteiger partial charge in [0.1, 0.15) is 10.7 Å². The van der Waals surface area contributed by atoms with Crippen molar-refractivity contribution in [1.29, 1.82) is 0 Å². The Hall–Kier alpha value is -2.50. The summed E-state index contributed by atoms with van der Waals surface area (Å²) in [6, 6.07) is 19.4. The number of ether oxygens (including phenoxy) is 2. The van der Waals surface area contributed by atoms with Gasteiger partial charge >= 0.3 is 0 Å². The number of fused-ring (bicyclic) bond motifs is 1. The molecule has 0 aliphatic carbocycles. The van der Waals surface area contributed by atoms with E-state index in [-0.39, 0.29) is 12.3 Å². The molecule has 7 nitrogen and oxygen atoms in total. The Morgan fingerprint density at radius 3 is 2.42 bits per heavy atom. The number of aliphatic hydroxyl groups is 1. The highest BCUT2D eigenvalue weighted by Gasteiger charge is 2.57. The molecular weight excluding hydrogens is 499 g/mol. The normalized spacial score (nSPS) is 23.9. The average Bonchev–Trinajstić information content (AvgIpc) is 3.45. The molecule has 4 aromatic rings. The third kappa shape index (κ3) is 4.88. The van der Waals surface area contributed by atoms with Crippen molar-refractivity contribution in [2.24, 2.45) is 5.92 Å². The van der Waals surface area contributed by atoms with Crippen LogP contribution in [0.25, 0.3) is 5.65 Å². The second-order valence-corrected chi connectivity index (χ2v) is 10.2. The second-order valence-electron chi connectivity index (χ2n) is 8.60. The molecule has 2 aromatic carbocycles. The van der Waals surface area contributed by atoms with Crippen molar-refractivity contribution in [3.05, 3.63) is 83.7 Å². The van der Waals surface area contributed by atoms with Gasteiger partial charge in [0, 0.05) is 5.92 Å². The highest BCUT2D eigenvalue weighted by atomic mass is 32.2. The number of alkyl halides is 1. The van der Waals surface area contributed by atoms with E-state index >= 15 is 4.39 Å². The van der Waals surface area contributed by atoms with E-state index in [1.807, 2.05) is 73.2 Å². The third-order valence-corrected chi connectivity index (χ3v) is 7.52. The Bertz CT molecular complexity index is 1310. The van der Waals surface area contributed by atoms with Crippen LogP contribution in [0.15, 0.2) is 77.0 Å². The number of halogens is 1. The fourth-order valence-electron chi connectivity index (χ4n) is 4.51. The van der Waals surface area contributed by atoms with Crippen molar-refractivity contribution in [3.8, 4) is 0 Å². The Labute approximate surface area is 217 Å². The molecule has 1 aliphatic rings. The van der Waals surface area contributed by atoms with E-state index in [1.165, 1.54) is 34.2 Å². The van der Waals surface area contributed by atoms with E-state index < -0.39 is 24.0 Å². The van der Waals surface area contributed by atoms with Gasteiger partial charge in [-0.3, -0.25) is 0 Å². The standard InChI is InChI=1S/C26H27FN4O3S2/c1-35-24-23-28-14-21(31(23)30-25(29-24)36-2)26(32)22(27)19(13-17-9-5-3-6-10-17)20(34-26)16-33-15-18-11-7-4-8-12-18/h3-12,14,19-20,22,32H,13,15-16H2,1-2H3/t19-,20-,22-,26+/m1/s1. The van der Waals surface area contributed by atoms with Crippen LogP contribution in [-0.4, -0.2) is 56.1 Å². The molecule has 10 heteroatoms. The van der Waals surface area contributed by atoms with Gasteiger partial charge in [0.15, 0.2) is 11.8 Å². The van der Waals surface area contributed by atoms with Gasteiger partial charge in [0.2, 0.25) is 10.9 Å². The van der Waals surface area contributed by atoms with Crippen LogP contribution in [0.3, 0.4) is 0 Å². The summed E-state index contributed by atoms with van der Waals surface area (Å²) in [6.45, 7) is 0.498. The van der Waals surface area contributed by atoms with Crippen LogP contribution < -0.4 is 0 Å². The monoisotopic (exact) mass is 526 g/mol. The van der Waals surface area contributed by atoms with Crippen LogP contribution in [0.5, 0.6) is 0 Å². The zero-order valence-corrected chi connectivity index (χ0v) is 21.6. The predicted octanol–water partition coefficient (Wildman–Crippen LogP) is 4.53. The number of hydrogen-bond donors (Lipinski definition) is 1. The second kappa shape index (κ2) is 10.9. The van der Waals surface area contributed by atoms with E-state index in [1.54, 1.807) is 0 Å². The first-order chi connectivity index (χ1) is 17.5. The maximum atomic E-state index is 16.3. The van der Waals surface area contributed by atoms with Crippen molar-refractivity contribution in [2.45, 2.75) is 41.3 Å². The molecule has 0 radical (unpaired) electrons. The number of hydrogen-bond acceptors (Lipinski definition) is 8. The third-order valence-electron chi connectivity index (χ3n) is 6.32. The maximum Gasteiger partial charge on any atom is 0.244 e. The lowest BCUT2D eigenvalue weighted by Gasteiger charge is -2.24. The molecule has 0 amide bonds. The molecule has 5 rings (SSSR count). The SMILES string of the molecule is CSc1nc(SC)c2ncc([C@]3(O)O[C@H](COCc4ccccc4)[C@@H](Cc4ccccc4)[C@H]3F)n2n1. The van der Waals surface area contributed by atoms with Crippen molar-refractivity contribution >= 4 is 29.2 Å². The van der Waals surface area contributed by atoms with Crippen molar-refractivity contribution < 1.29 is 19.0 Å². The van der Waals surface area contributed by atoms with Crippen LogP contribution in [0.4, 0.5) is 4.39 Å². The molecular formula is C26H27FN4O3S2. The molecule has 36 heavy (non-hydrogen) atoms. The molecule has 188 valence electrons. The van der Waals surface area contributed by atoms with Crippen LogP contribution in [0.2, 0.25) is 0 Å². The molecule has 1 N–H and O–H groups in total. The van der Waals surface area contributed by atoms with Gasteiger partial charge in [0.25, 0.3) is 0 Å². The Balaban J connectivity index is 1.47. The largest absolute Gasteiger partial charge is 0.374 e. The van der Waals surface area contributed by atoms with Gasteiger partial charge in [-0.15, -0.1) is 16.9 Å². The van der Waals surface area contributed by atoms with Gasteiger partial charge in [-0.05, 0) is 30.1 Å². The van der Waals surface area contributed by atoms with E-state index in [0.29, 0.717) is 28.9 Å². The van der Waals surface area contributed by atoms with Crippen LogP contribution in [0.1, 0.15) is 16.8 Å². The molecule has 1 aliphatic heterocycles. The number of thioether (sulfide) groups is 2. The van der Waals surface area contributed by atoms with Gasteiger partial charge in [-0.25, -0.2) is 18.9 Å². The lowest BCUT2D eigenvalue weighted by Crippen LogP contribution is -2.37. The first-order valence-corrected chi connectivity index (χ1v) is 14.0. The number of rotatable bonds is 9. The van der Waals surface area contributed by atoms with Gasteiger partial charge in [0.05, 0.1) is 25.5 Å². The molecule has 0 spiro atoms. The Morgan fingerprint density at radius 1 is 1.06 bits per heavy atom. The fraction of sp³-hybridized carbons (Fsp3) is 0.346. The zero-order chi connectivity index (χ0) is 25.1. The molecule has 0 saturated carbocycles. The minimum absolute atomic E-state index is 0.132. The van der Waals surface area contributed by atoms with E-state index in [2.05, 4.69) is 15.1 Å². The number of benzene rings is 2. The van der Waals surface area contributed by atoms with E-state index in [0.717, 1.165) is 11.1 Å². The first-order valence-electron chi connectivity index (χ1n) is 11.6. The topological polar surface area (TPSA) is 81.8 Å². The highest BCUT2D eigenvalue weighted by Crippen LogP contribution is 2.45. The van der Waals surface area contributed by atoms with Gasteiger partial charge in [-0.2, -0.15) is 0 Å². The number of aromatic nitrogens is 4.